The molecule has 15 heavy (non-hydrogen) atoms. The van der Waals surface area contributed by atoms with Crippen molar-refractivity contribution in [1.29, 1.82) is 0 Å². The lowest BCUT2D eigenvalue weighted by Gasteiger charge is -2.14. The molecule has 4 heteroatoms. The van der Waals surface area contributed by atoms with Crippen molar-refractivity contribution < 1.29 is 5.11 Å². The number of alkyl halides is 3. The zero-order valence-electron chi connectivity index (χ0n) is 8.34. The molecule has 0 N–H and O–H groups in total. The van der Waals surface area contributed by atoms with Gasteiger partial charge in [-0.25, -0.2) is 5.11 Å². The van der Waals surface area contributed by atoms with Gasteiger partial charge in [0.05, 0.1) is 0 Å². The molecule has 0 saturated heterocycles. The summed E-state index contributed by atoms with van der Waals surface area (Å²) in [6.07, 6.45) is 0.720. The Kier molecular flexibility index (Phi) is 4.72. The second-order valence-electron chi connectivity index (χ2n) is 3.40. The van der Waals surface area contributed by atoms with E-state index in [-0.39, 0.29) is 0 Å². The van der Waals surface area contributed by atoms with Crippen LogP contribution in [0.15, 0.2) is 24.3 Å². The minimum atomic E-state index is -1.46. The monoisotopic (exact) mass is 265 g/mol. The molecule has 0 heterocycles. The van der Waals surface area contributed by atoms with E-state index in [4.69, 9.17) is 34.8 Å². The van der Waals surface area contributed by atoms with Crippen molar-refractivity contribution in [3.8, 4) is 0 Å². The van der Waals surface area contributed by atoms with E-state index >= 15 is 0 Å². The van der Waals surface area contributed by atoms with E-state index in [1.807, 2.05) is 6.92 Å². The van der Waals surface area contributed by atoms with Crippen LogP contribution < -0.4 is 0 Å². The molecule has 1 aromatic carbocycles. The molecule has 1 rings (SSSR count). The highest BCUT2D eigenvalue weighted by Crippen LogP contribution is 2.39. The topological polar surface area (TPSA) is 19.9 Å². The molecule has 0 aliphatic carbocycles. The zero-order valence-corrected chi connectivity index (χ0v) is 10.6. The van der Waals surface area contributed by atoms with Gasteiger partial charge in [-0.3, -0.25) is 0 Å². The third-order valence-electron chi connectivity index (χ3n) is 2.14. The Morgan fingerprint density at radius 3 is 2.53 bits per heavy atom. The normalized spacial score (nSPS) is 13.9. The Balaban J connectivity index is 2.92. The molecule has 0 saturated carbocycles. The summed E-state index contributed by atoms with van der Waals surface area (Å²) in [5.41, 5.74) is 1.22. The van der Waals surface area contributed by atoms with Crippen LogP contribution in [0.25, 0.3) is 0 Å². The van der Waals surface area contributed by atoms with E-state index in [1.54, 1.807) is 24.3 Å². The predicted molar refractivity (Wildman–Crippen MR) is 64.0 cm³/mol. The molecular weight excluding hydrogens is 254 g/mol. The van der Waals surface area contributed by atoms with E-state index in [0.717, 1.165) is 6.42 Å². The lowest BCUT2D eigenvalue weighted by molar-refractivity contribution is 0.0804. The number of hydrogen-bond donors (Lipinski definition) is 0. The average Bonchev–Trinajstić information content (AvgIpc) is 2.17. The van der Waals surface area contributed by atoms with Gasteiger partial charge in [-0.05, 0) is 18.1 Å². The fourth-order valence-electron chi connectivity index (χ4n) is 1.34. The van der Waals surface area contributed by atoms with E-state index < -0.39 is 9.90 Å². The number of halogens is 3. The van der Waals surface area contributed by atoms with Crippen LogP contribution in [0.2, 0.25) is 0 Å². The van der Waals surface area contributed by atoms with Crippen molar-refractivity contribution >= 4 is 34.8 Å². The summed E-state index contributed by atoms with van der Waals surface area (Å²) in [5.74, 6) is 0. The molecule has 83 valence electrons. The molecule has 0 aromatic heterocycles. The molecule has 0 aliphatic rings. The predicted octanol–water partition coefficient (Wildman–Crippen LogP) is 4.79. The van der Waals surface area contributed by atoms with Gasteiger partial charge in [0, 0.05) is 5.56 Å². The fourth-order valence-corrected chi connectivity index (χ4v) is 1.70. The summed E-state index contributed by atoms with van der Waals surface area (Å²) in [7, 11) is 0. The van der Waals surface area contributed by atoms with E-state index in [9.17, 15) is 5.11 Å². The van der Waals surface area contributed by atoms with Crippen LogP contribution >= 0.6 is 34.8 Å². The Morgan fingerprint density at radius 2 is 2.00 bits per heavy atom. The molecule has 0 amide bonds. The summed E-state index contributed by atoms with van der Waals surface area (Å²) in [6.45, 7) is 1.98. The van der Waals surface area contributed by atoms with Crippen LogP contribution in [0.4, 0.5) is 0 Å². The second-order valence-corrected chi connectivity index (χ2v) is 5.68. The van der Waals surface area contributed by atoms with Gasteiger partial charge < -0.3 is 0 Å². The third kappa shape index (κ3) is 3.84. The van der Waals surface area contributed by atoms with Crippen molar-refractivity contribution in [3.63, 3.8) is 0 Å². The average molecular weight is 267 g/mol. The molecule has 0 spiro atoms. The van der Waals surface area contributed by atoms with Crippen LogP contribution in [0.1, 0.15) is 37.0 Å². The van der Waals surface area contributed by atoms with Gasteiger partial charge in [0.1, 0.15) is 6.10 Å². The summed E-state index contributed by atoms with van der Waals surface area (Å²) < 4.78 is -1.46. The molecule has 0 fully saturated rings. The molecule has 0 aliphatic heterocycles. The van der Waals surface area contributed by atoms with E-state index in [1.165, 1.54) is 0 Å². The first kappa shape index (κ1) is 13.1. The SMILES string of the molecule is CCCC([O])c1cccc(C(Cl)(Cl)Cl)c1. The molecule has 1 unspecified atom stereocenters. The molecule has 1 aromatic rings. The molecular formula is C11H12Cl3O. The van der Waals surface area contributed by atoms with Crippen LogP contribution in [-0.2, 0) is 8.90 Å². The highest BCUT2D eigenvalue weighted by Gasteiger charge is 2.23. The largest absolute Gasteiger partial charge is 0.228 e. The third-order valence-corrected chi connectivity index (χ3v) is 2.79. The van der Waals surface area contributed by atoms with Crippen LogP contribution in [0.3, 0.4) is 0 Å². The molecule has 1 atom stereocenters. The molecule has 1 nitrogen and oxygen atoms in total. The first-order chi connectivity index (χ1) is 6.95. The quantitative estimate of drug-likeness (QED) is 0.701. The number of rotatable bonds is 3. The van der Waals surface area contributed by atoms with Gasteiger partial charge in [0.15, 0.2) is 0 Å². The summed E-state index contributed by atoms with van der Waals surface area (Å²) in [4.78, 5) is 0. The van der Waals surface area contributed by atoms with E-state index in [0.29, 0.717) is 17.5 Å². The van der Waals surface area contributed by atoms with Crippen LogP contribution in [0.5, 0.6) is 0 Å². The van der Waals surface area contributed by atoms with E-state index in [2.05, 4.69) is 0 Å². The standard InChI is InChI=1S/C11H12Cl3O/c1-2-4-10(15)8-5-3-6-9(7-8)11(12,13)14/h3,5-7,10H,2,4H2,1H3. The highest BCUT2D eigenvalue weighted by molar-refractivity contribution is 6.66. The van der Waals surface area contributed by atoms with Crippen molar-refractivity contribution in [2.75, 3.05) is 0 Å². The number of benzene rings is 1. The smallest absolute Gasteiger partial charge is 0.216 e. The van der Waals surface area contributed by atoms with Crippen LogP contribution in [-0.4, -0.2) is 0 Å². The summed E-state index contributed by atoms with van der Waals surface area (Å²) in [6, 6.07) is 6.88. The van der Waals surface area contributed by atoms with Gasteiger partial charge in [0.2, 0.25) is 3.79 Å². The molecule has 1 radical (unpaired) electrons. The Morgan fingerprint density at radius 1 is 1.33 bits per heavy atom. The Labute approximate surface area is 105 Å². The van der Waals surface area contributed by atoms with Gasteiger partial charge in [-0.2, -0.15) is 0 Å². The van der Waals surface area contributed by atoms with Crippen molar-refractivity contribution in [2.45, 2.75) is 29.7 Å². The van der Waals surface area contributed by atoms with Crippen LogP contribution in [0, 0.1) is 0 Å². The second kappa shape index (κ2) is 5.40. The Hall–Kier alpha value is 0.0500. The highest BCUT2D eigenvalue weighted by atomic mass is 35.6. The van der Waals surface area contributed by atoms with Crippen molar-refractivity contribution in [2.24, 2.45) is 0 Å². The first-order valence-electron chi connectivity index (χ1n) is 4.78. The fraction of sp³-hybridized carbons (Fsp3) is 0.455. The zero-order chi connectivity index (χ0) is 11.5. The maximum atomic E-state index is 11.7. The first-order valence-corrected chi connectivity index (χ1v) is 5.91. The Bertz CT molecular complexity index is 320. The lowest BCUT2D eigenvalue weighted by atomic mass is 10.0. The van der Waals surface area contributed by atoms with Crippen molar-refractivity contribution in [3.05, 3.63) is 35.4 Å². The minimum Gasteiger partial charge on any atom is -0.228 e. The van der Waals surface area contributed by atoms with Gasteiger partial charge in [-0.1, -0.05) is 66.3 Å². The van der Waals surface area contributed by atoms with Gasteiger partial charge in [0.25, 0.3) is 0 Å². The lowest BCUT2D eigenvalue weighted by Crippen LogP contribution is -2.02. The van der Waals surface area contributed by atoms with Gasteiger partial charge in [-0.15, -0.1) is 0 Å². The summed E-state index contributed by atoms with van der Waals surface area (Å²) >= 11 is 17.2. The molecule has 0 bridgehead atoms. The maximum absolute atomic E-state index is 11.7. The minimum absolute atomic E-state index is 0.543. The van der Waals surface area contributed by atoms with Gasteiger partial charge >= 0.3 is 0 Å². The maximum Gasteiger partial charge on any atom is 0.216 e. The number of hydrogen-bond acceptors (Lipinski definition) is 0. The summed E-state index contributed by atoms with van der Waals surface area (Å²) in [5, 5.41) is 11.7. The van der Waals surface area contributed by atoms with Crippen molar-refractivity contribution in [1.82, 2.24) is 0 Å².